The van der Waals surface area contributed by atoms with E-state index in [1.54, 1.807) is 25.1 Å². The maximum Gasteiger partial charge on any atom is 0.221 e. The molecule has 0 aliphatic rings. The number of carbonyl (C=O) groups is 2. The lowest BCUT2D eigenvalue weighted by Crippen LogP contribution is -2.33. The van der Waals surface area contributed by atoms with Gasteiger partial charge in [-0.15, -0.1) is 0 Å². The summed E-state index contributed by atoms with van der Waals surface area (Å²) in [5.41, 5.74) is 5.66. The molecule has 1 amide bonds. The molecule has 5 nitrogen and oxygen atoms in total. The summed E-state index contributed by atoms with van der Waals surface area (Å²) in [6.07, 6.45) is 3.46. The molecule has 26 heavy (non-hydrogen) atoms. The molecule has 0 spiro atoms. The van der Waals surface area contributed by atoms with E-state index in [0.717, 1.165) is 0 Å². The first-order valence-corrected chi connectivity index (χ1v) is 8.69. The first-order chi connectivity index (χ1) is 12.4. The van der Waals surface area contributed by atoms with Crippen LogP contribution in [0.1, 0.15) is 47.8 Å². The Kier molecular flexibility index (Phi) is 6.83. The Hall–Kier alpha value is -2.31. The molecule has 1 aromatic heterocycles. The summed E-state index contributed by atoms with van der Waals surface area (Å²) in [5.74, 6) is -2.02. The third-order valence-corrected chi connectivity index (χ3v) is 4.53. The highest BCUT2D eigenvalue weighted by Gasteiger charge is 2.24. The SMILES string of the molecule is CC[C@@H](NC[C@@H](C)C(N)=O)c1ccc(Cl)c(C(=O)c2cccnc2)c1F. The molecule has 2 aromatic rings. The molecule has 0 aliphatic carbocycles. The van der Waals surface area contributed by atoms with E-state index in [0.29, 0.717) is 18.5 Å². The van der Waals surface area contributed by atoms with Crippen LogP contribution in [-0.4, -0.2) is 23.2 Å². The minimum absolute atomic E-state index is 0.0421. The van der Waals surface area contributed by atoms with Crippen molar-refractivity contribution in [2.45, 2.75) is 26.3 Å². The standard InChI is InChI=1S/C19H21ClFN3O2/c1-3-15(24-9-11(2)19(22)26)13-6-7-14(20)16(17(13)21)18(25)12-5-4-8-23-10-12/h4-8,10-11,15,24H,3,9H2,1-2H3,(H2,22,26)/t11-,15-/m1/s1. The van der Waals surface area contributed by atoms with Gasteiger partial charge < -0.3 is 11.1 Å². The van der Waals surface area contributed by atoms with E-state index in [2.05, 4.69) is 10.3 Å². The van der Waals surface area contributed by atoms with Crippen LogP contribution in [0.2, 0.25) is 5.02 Å². The second-order valence-electron chi connectivity index (χ2n) is 6.07. The topological polar surface area (TPSA) is 85.1 Å². The largest absolute Gasteiger partial charge is 0.369 e. The first kappa shape index (κ1) is 20.0. The lowest BCUT2D eigenvalue weighted by molar-refractivity contribution is -0.121. The molecular formula is C19H21ClFN3O2. The fourth-order valence-electron chi connectivity index (χ4n) is 2.58. The maximum atomic E-state index is 15.1. The molecule has 138 valence electrons. The van der Waals surface area contributed by atoms with Crippen LogP contribution in [0.5, 0.6) is 0 Å². The lowest BCUT2D eigenvalue weighted by Gasteiger charge is -2.21. The Balaban J connectivity index is 2.35. The number of primary amides is 1. The minimum Gasteiger partial charge on any atom is -0.369 e. The van der Waals surface area contributed by atoms with Gasteiger partial charge in [0.2, 0.25) is 5.91 Å². The van der Waals surface area contributed by atoms with Gasteiger partial charge in [0.1, 0.15) is 5.82 Å². The normalized spacial score (nSPS) is 13.2. The molecule has 0 saturated carbocycles. The molecule has 1 aromatic carbocycles. The summed E-state index contributed by atoms with van der Waals surface area (Å²) in [7, 11) is 0. The minimum atomic E-state index is -0.669. The molecule has 0 unspecified atom stereocenters. The zero-order valence-electron chi connectivity index (χ0n) is 14.6. The number of pyridine rings is 1. The molecule has 1 heterocycles. The number of halogens is 2. The van der Waals surface area contributed by atoms with E-state index < -0.39 is 23.4 Å². The van der Waals surface area contributed by atoms with Gasteiger partial charge >= 0.3 is 0 Å². The van der Waals surface area contributed by atoms with Crippen LogP contribution in [0.25, 0.3) is 0 Å². The number of nitrogens with two attached hydrogens (primary N) is 1. The predicted molar refractivity (Wildman–Crippen MR) is 98.5 cm³/mol. The van der Waals surface area contributed by atoms with E-state index in [4.69, 9.17) is 17.3 Å². The van der Waals surface area contributed by atoms with Gasteiger partial charge in [-0.2, -0.15) is 0 Å². The highest BCUT2D eigenvalue weighted by Crippen LogP contribution is 2.29. The van der Waals surface area contributed by atoms with Gasteiger partial charge in [-0.25, -0.2) is 4.39 Å². The van der Waals surface area contributed by atoms with Crippen molar-refractivity contribution in [2.24, 2.45) is 11.7 Å². The Morgan fingerprint density at radius 1 is 1.35 bits per heavy atom. The van der Waals surface area contributed by atoms with Crippen LogP contribution in [0, 0.1) is 11.7 Å². The molecule has 0 radical (unpaired) electrons. The molecule has 0 aliphatic heterocycles. The highest BCUT2D eigenvalue weighted by atomic mass is 35.5. The third-order valence-electron chi connectivity index (χ3n) is 4.21. The summed E-state index contributed by atoms with van der Waals surface area (Å²) in [6.45, 7) is 3.88. The Morgan fingerprint density at radius 2 is 2.08 bits per heavy atom. The molecule has 2 rings (SSSR count). The van der Waals surface area contributed by atoms with Gasteiger partial charge in [0.05, 0.1) is 10.6 Å². The molecular weight excluding hydrogens is 357 g/mol. The van der Waals surface area contributed by atoms with Crippen molar-refractivity contribution in [1.29, 1.82) is 0 Å². The van der Waals surface area contributed by atoms with Crippen molar-refractivity contribution >= 4 is 23.3 Å². The van der Waals surface area contributed by atoms with Crippen LogP contribution in [0.3, 0.4) is 0 Å². The van der Waals surface area contributed by atoms with Crippen LogP contribution in [-0.2, 0) is 4.79 Å². The average Bonchev–Trinajstić information content (AvgIpc) is 2.63. The zero-order chi connectivity index (χ0) is 19.3. The smallest absolute Gasteiger partial charge is 0.221 e. The van der Waals surface area contributed by atoms with Crippen LogP contribution in [0.4, 0.5) is 4.39 Å². The Labute approximate surface area is 156 Å². The van der Waals surface area contributed by atoms with Crippen molar-refractivity contribution in [1.82, 2.24) is 10.3 Å². The first-order valence-electron chi connectivity index (χ1n) is 8.32. The summed E-state index contributed by atoms with van der Waals surface area (Å²) < 4.78 is 15.1. The van der Waals surface area contributed by atoms with E-state index in [9.17, 15) is 9.59 Å². The lowest BCUT2D eigenvalue weighted by atomic mass is 9.96. The van der Waals surface area contributed by atoms with Gasteiger partial charge in [0, 0.05) is 42.0 Å². The Bertz CT molecular complexity index is 799. The Morgan fingerprint density at radius 3 is 2.65 bits per heavy atom. The number of nitrogens with zero attached hydrogens (tertiary/aromatic N) is 1. The number of carbonyl (C=O) groups excluding carboxylic acids is 2. The van der Waals surface area contributed by atoms with Gasteiger partial charge in [0.15, 0.2) is 5.78 Å². The van der Waals surface area contributed by atoms with Crippen LogP contribution < -0.4 is 11.1 Å². The number of benzene rings is 1. The van der Waals surface area contributed by atoms with Crippen molar-refractivity contribution in [3.63, 3.8) is 0 Å². The fraction of sp³-hybridized carbons (Fsp3) is 0.316. The molecule has 3 N–H and O–H groups in total. The van der Waals surface area contributed by atoms with E-state index in [1.807, 2.05) is 6.92 Å². The fourth-order valence-corrected chi connectivity index (χ4v) is 2.81. The van der Waals surface area contributed by atoms with Gasteiger partial charge in [0.25, 0.3) is 0 Å². The predicted octanol–water partition coefficient (Wildman–Crippen LogP) is 3.27. The van der Waals surface area contributed by atoms with Gasteiger partial charge in [-0.1, -0.05) is 31.5 Å². The van der Waals surface area contributed by atoms with Crippen molar-refractivity contribution in [2.75, 3.05) is 6.54 Å². The zero-order valence-corrected chi connectivity index (χ0v) is 15.4. The van der Waals surface area contributed by atoms with E-state index in [-0.39, 0.29) is 22.2 Å². The summed E-state index contributed by atoms with van der Waals surface area (Å²) >= 11 is 6.10. The highest BCUT2D eigenvalue weighted by molar-refractivity contribution is 6.35. The number of amides is 1. The third kappa shape index (κ3) is 4.45. The number of nitrogens with one attached hydrogen (secondary N) is 1. The summed E-state index contributed by atoms with van der Waals surface area (Å²) in [5, 5.41) is 3.17. The van der Waals surface area contributed by atoms with Crippen molar-refractivity contribution in [3.05, 3.63) is 64.2 Å². The van der Waals surface area contributed by atoms with E-state index >= 15 is 4.39 Å². The van der Waals surface area contributed by atoms with Gasteiger partial charge in [-0.05, 0) is 24.6 Å². The summed E-state index contributed by atoms with van der Waals surface area (Å²) in [6, 6.07) is 5.83. The summed E-state index contributed by atoms with van der Waals surface area (Å²) in [4.78, 5) is 27.7. The maximum absolute atomic E-state index is 15.1. The second-order valence-corrected chi connectivity index (χ2v) is 6.48. The number of aromatic nitrogens is 1. The second kappa shape index (κ2) is 8.87. The molecule has 7 heteroatoms. The van der Waals surface area contributed by atoms with Crippen LogP contribution >= 0.6 is 11.6 Å². The average molecular weight is 378 g/mol. The number of hydrogen-bond acceptors (Lipinski definition) is 4. The monoisotopic (exact) mass is 377 g/mol. The van der Waals surface area contributed by atoms with Crippen molar-refractivity contribution < 1.29 is 14.0 Å². The number of hydrogen-bond donors (Lipinski definition) is 2. The molecule has 0 saturated heterocycles. The molecule has 0 fully saturated rings. The molecule has 2 atom stereocenters. The quantitative estimate of drug-likeness (QED) is 0.691. The number of ketones is 1. The van der Waals surface area contributed by atoms with Crippen molar-refractivity contribution in [3.8, 4) is 0 Å². The van der Waals surface area contributed by atoms with Crippen LogP contribution in [0.15, 0.2) is 36.7 Å². The number of rotatable bonds is 8. The van der Waals surface area contributed by atoms with Gasteiger partial charge in [-0.3, -0.25) is 14.6 Å². The molecule has 0 bridgehead atoms. The van der Waals surface area contributed by atoms with E-state index in [1.165, 1.54) is 18.5 Å².